The molecule has 2 aliphatic heterocycles. The van der Waals surface area contributed by atoms with E-state index in [0.29, 0.717) is 36.8 Å². The lowest BCUT2D eigenvalue weighted by atomic mass is 10.0. The largest absolute Gasteiger partial charge is 0.459 e. The number of nitrogens with one attached hydrogen (secondary N) is 1. The molecule has 3 unspecified atom stereocenters. The van der Waals surface area contributed by atoms with Gasteiger partial charge in [0.25, 0.3) is 5.91 Å². The van der Waals surface area contributed by atoms with Crippen molar-refractivity contribution in [2.75, 3.05) is 26.3 Å². The molecule has 432 valence electrons. The SMILES string of the molecule is NN(C(=O)C1CCCCN1S(=O)(=O)c1ccc(-c2ccccc2)cc1)[C@@H](COCc1ccccc1)C(=O)OCc1ccc(COC(=O)C(COCc2ccccc2)NC(=O)C2CCCCN2S(=O)(=O)c2ccc(-c3ccccc3)cc2)cc1. The summed E-state index contributed by atoms with van der Waals surface area (Å²) < 4.78 is 82.5. The van der Waals surface area contributed by atoms with Gasteiger partial charge in [-0.05, 0) is 94.5 Å². The Morgan fingerprint density at radius 2 is 0.855 bits per heavy atom. The molecule has 0 aromatic heterocycles. The number of rotatable bonds is 24. The van der Waals surface area contributed by atoms with Crippen molar-refractivity contribution < 1.29 is 55.0 Å². The van der Waals surface area contributed by atoms with Gasteiger partial charge in [-0.1, -0.05) is 183 Å². The standard InChI is InChI=1S/C64H67N5O12S2/c65-69(62(71)59-26-14-16-40-68(59)83(76,77)56-37-33-54(34-38-56)52-23-11-4-12-24-52)60(46-79-42-48-19-7-2-8-20-48)64(73)81-44-50-29-27-49(28-30-50)43-80-63(72)57(45-78-41-47-17-5-1-6-18-47)66-61(70)58-25-13-15-39-67(58)82(74,75)55-35-31-53(32-36-55)51-21-9-3-10-22-51/h1-12,17-24,27-38,57-60H,13-16,25-26,39-46,65H2,(H,66,70)/t57?,58?,59?,60-/m0/s1. The summed E-state index contributed by atoms with van der Waals surface area (Å²) in [4.78, 5) is 56.5. The smallest absolute Gasteiger partial charge is 0.333 e. The molecule has 4 atom stereocenters. The molecule has 2 amide bonds. The van der Waals surface area contributed by atoms with Crippen LogP contribution in [0, 0.1) is 0 Å². The lowest BCUT2D eigenvalue weighted by molar-refractivity contribution is -0.161. The molecule has 9 rings (SSSR count). The third-order valence-corrected chi connectivity index (χ3v) is 18.5. The van der Waals surface area contributed by atoms with Crippen molar-refractivity contribution in [3.63, 3.8) is 0 Å². The molecule has 2 aliphatic rings. The molecular formula is C64H67N5O12S2. The van der Waals surface area contributed by atoms with E-state index in [4.69, 9.17) is 24.8 Å². The van der Waals surface area contributed by atoms with Gasteiger partial charge in [0.15, 0.2) is 12.1 Å². The number of carbonyl (C=O) groups excluding carboxylic acids is 4. The average Bonchev–Trinajstić information content (AvgIpc) is 3.64. The number of sulfonamides is 2. The van der Waals surface area contributed by atoms with Crippen LogP contribution in [0.1, 0.15) is 60.8 Å². The van der Waals surface area contributed by atoms with E-state index < -0.39 is 68.0 Å². The molecule has 2 saturated heterocycles. The number of piperidine rings is 2. The first-order chi connectivity index (χ1) is 40.3. The number of amides is 2. The van der Waals surface area contributed by atoms with Crippen LogP contribution in [0.4, 0.5) is 0 Å². The first-order valence-corrected chi connectivity index (χ1v) is 30.5. The van der Waals surface area contributed by atoms with Crippen LogP contribution in [0.2, 0.25) is 0 Å². The van der Waals surface area contributed by atoms with E-state index in [2.05, 4.69) is 5.32 Å². The number of hydrazine groups is 1. The fourth-order valence-corrected chi connectivity index (χ4v) is 13.4. The highest BCUT2D eigenvalue weighted by molar-refractivity contribution is 7.89. The maximum atomic E-state index is 14.4. The van der Waals surface area contributed by atoms with Crippen LogP contribution in [0.25, 0.3) is 22.3 Å². The number of hydrogen-bond acceptors (Lipinski definition) is 13. The van der Waals surface area contributed by atoms with Crippen LogP contribution < -0.4 is 11.2 Å². The van der Waals surface area contributed by atoms with E-state index in [1.807, 2.05) is 121 Å². The van der Waals surface area contributed by atoms with Crippen LogP contribution in [0.15, 0.2) is 204 Å². The van der Waals surface area contributed by atoms with Crippen molar-refractivity contribution in [1.29, 1.82) is 0 Å². The van der Waals surface area contributed by atoms with Crippen LogP contribution in [-0.2, 0) is 84.6 Å². The molecule has 7 aromatic rings. The van der Waals surface area contributed by atoms with E-state index in [9.17, 15) is 36.0 Å². The first kappa shape index (κ1) is 59.7. The molecule has 17 nitrogen and oxygen atoms in total. The van der Waals surface area contributed by atoms with E-state index in [1.54, 1.807) is 48.5 Å². The highest BCUT2D eigenvalue weighted by Crippen LogP contribution is 2.31. The van der Waals surface area contributed by atoms with Gasteiger partial charge in [0.2, 0.25) is 26.0 Å². The predicted molar refractivity (Wildman–Crippen MR) is 312 cm³/mol. The number of ether oxygens (including phenoxy) is 4. The molecular weight excluding hydrogens is 1090 g/mol. The minimum absolute atomic E-state index is 0.0182. The molecule has 7 aromatic carbocycles. The molecule has 19 heteroatoms. The Hall–Kier alpha value is -7.88. The van der Waals surface area contributed by atoms with Gasteiger partial charge < -0.3 is 24.3 Å². The summed E-state index contributed by atoms with van der Waals surface area (Å²) in [7, 11) is -8.31. The molecule has 0 aliphatic carbocycles. The molecule has 0 radical (unpaired) electrons. The molecule has 0 spiro atoms. The average molecular weight is 1160 g/mol. The zero-order valence-electron chi connectivity index (χ0n) is 45.8. The van der Waals surface area contributed by atoms with Gasteiger partial charge in [-0.3, -0.25) is 14.6 Å². The number of hydrogen-bond donors (Lipinski definition) is 2. The Kier molecular flexibility index (Phi) is 20.4. The summed E-state index contributed by atoms with van der Waals surface area (Å²) >= 11 is 0. The summed E-state index contributed by atoms with van der Waals surface area (Å²) in [5, 5.41) is 3.48. The van der Waals surface area contributed by atoms with Crippen molar-refractivity contribution in [1.82, 2.24) is 18.9 Å². The molecule has 2 heterocycles. The quantitative estimate of drug-likeness (QED) is 0.0251. The van der Waals surface area contributed by atoms with E-state index >= 15 is 0 Å². The molecule has 2 fully saturated rings. The zero-order valence-corrected chi connectivity index (χ0v) is 47.5. The topological polar surface area (TPSA) is 221 Å². The number of nitrogens with zero attached hydrogens (tertiary/aromatic N) is 3. The Morgan fingerprint density at radius 1 is 0.470 bits per heavy atom. The van der Waals surface area contributed by atoms with Gasteiger partial charge in [0.1, 0.15) is 25.3 Å². The highest BCUT2D eigenvalue weighted by atomic mass is 32.2. The summed E-state index contributed by atoms with van der Waals surface area (Å²) in [5.74, 6) is 3.40. The second-order valence-corrected chi connectivity index (χ2v) is 24.2. The van der Waals surface area contributed by atoms with Crippen LogP contribution >= 0.6 is 0 Å². The third-order valence-electron chi connectivity index (χ3n) is 14.7. The fourth-order valence-electron chi connectivity index (χ4n) is 10.1. The second kappa shape index (κ2) is 28.4. The predicted octanol–water partition coefficient (Wildman–Crippen LogP) is 8.58. The molecule has 83 heavy (non-hydrogen) atoms. The third kappa shape index (κ3) is 15.4. The summed E-state index contributed by atoms with van der Waals surface area (Å²) in [6.45, 7) is -0.690. The molecule has 3 N–H and O–H groups in total. The number of esters is 2. The minimum Gasteiger partial charge on any atom is -0.459 e. The van der Waals surface area contributed by atoms with Crippen molar-refractivity contribution in [2.45, 2.75) is 98.9 Å². The molecule has 0 saturated carbocycles. The summed E-state index contributed by atoms with van der Waals surface area (Å²) in [5.41, 5.74) is 6.26. The Bertz CT molecular complexity index is 3490. The first-order valence-electron chi connectivity index (χ1n) is 27.6. The van der Waals surface area contributed by atoms with E-state index in [-0.39, 0.29) is 75.4 Å². The minimum atomic E-state index is -4.18. The van der Waals surface area contributed by atoms with Crippen LogP contribution in [0.3, 0.4) is 0 Å². The maximum absolute atomic E-state index is 14.4. The number of carbonyl (C=O) groups is 4. The van der Waals surface area contributed by atoms with Crippen molar-refractivity contribution >= 4 is 43.8 Å². The van der Waals surface area contributed by atoms with Gasteiger partial charge in [0, 0.05) is 13.1 Å². The summed E-state index contributed by atoms with van der Waals surface area (Å²) in [6, 6.07) is 52.2. The van der Waals surface area contributed by atoms with Crippen molar-refractivity contribution in [3.05, 3.63) is 216 Å². The number of nitrogens with two attached hydrogens (primary N) is 1. The monoisotopic (exact) mass is 1160 g/mol. The zero-order chi connectivity index (χ0) is 58.2. The maximum Gasteiger partial charge on any atom is 0.333 e. The lowest BCUT2D eigenvalue weighted by Crippen LogP contribution is -2.60. The van der Waals surface area contributed by atoms with Gasteiger partial charge in [-0.2, -0.15) is 8.61 Å². The Morgan fingerprint density at radius 3 is 1.33 bits per heavy atom. The van der Waals surface area contributed by atoms with E-state index in [1.165, 1.54) is 28.6 Å². The van der Waals surface area contributed by atoms with Crippen LogP contribution in [-0.4, -0.2) is 105 Å². The normalized spacial score (nSPS) is 16.7. The van der Waals surface area contributed by atoms with Gasteiger partial charge in [-0.15, -0.1) is 0 Å². The second-order valence-electron chi connectivity index (χ2n) is 20.4. The number of benzene rings is 7. The fraction of sp³-hybridized carbons (Fsp3) is 0.281. The van der Waals surface area contributed by atoms with Crippen LogP contribution in [0.5, 0.6) is 0 Å². The van der Waals surface area contributed by atoms with E-state index in [0.717, 1.165) is 42.7 Å². The Labute approximate surface area is 485 Å². The van der Waals surface area contributed by atoms with Gasteiger partial charge in [-0.25, -0.2) is 32.3 Å². The van der Waals surface area contributed by atoms with Gasteiger partial charge in [0.05, 0.1) is 36.2 Å². The lowest BCUT2D eigenvalue weighted by Gasteiger charge is -2.37. The van der Waals surface area contributed by atoms with Crippen molar-refractivity contribution in [3.8, 4) is 22.3 Å². The Balaban J connectivity index is 0.836. The highest BCUT2D eigenvalue weighted by Gasteiger charge is 2.43. The van der Waals surface area contributed by atoms with Crippen molar-refractivity contribution in [2.24, 2.45) is 5.84 Å². The molecule has 0 bridgehead atoms. The summed E-state index contributed by atoms with van der Waals surface area (Å²) in [6.07, 6.45) is 2.65. The van der Waals surface area contributed by atoms with Gasteiger partial charge >= 0.3 is 11.9 Å².